The minimum absolute atomic E-state index is 0.0117. The van der Waals surface area contributed by atoms with Gasteiger partial charge in [-0.05, 0) is 18.1 Å². The van der Waals surface area contributed by atoms with Crippen LogP contribution in [0, 0.1) is 5.82 Å². The second-order valence-electron chi connectivity index (χ2n) is 6.33. The molecular formula is C17H19FN6O. The molecule has 130 valence electrons. The van der Waals surface area contributed by atoms with Crippen molar-refractivity contribution in [3.63, 3.8) is 0 Å². The van der Waals surface area contributed by atoms with Crippen molar-refractivity contribution >= 4 is 16.8 Å². The molecule has 3 N–H and O–H groups in total. The Hall–Kier alpha value is -2.74. The molecule has 0 saturated carbocycles. The number of aromatic nitrogens is 4. The Kier molecular flexibility index (Phi) is 3.76. The molecule has 1 aromatic carbocycles. The second kappa shape index (κ2) is 5.96. The largest absolute Gasteiger partial charge is 0.348 e. The molecule has 3 heterocycles. The molecule has 1 amide bonds. The van der Waals surface area contributed by atoms with Gasteiger partial charge in [-0.3, -0.25) is 4.79 Å². The van der Waals surface area contributed by atoms with E-state index in [0.717, 1.165) is 12.0 Å². The lowest BCUT2D eigenvalue weighted by atomic mass is 10.1. The third-order valence-corrected chi connectivity index (χ3v) is 4.85. The fourth-order valence-electron chi connectivity index (χ4n) is 3.50. The number of halogens is 1. The maximum Gasteiger partial charge on any atom is 0.273 e. The number of hydrogen-bond donors (Lipinski definition) is 2. The van der Waals surface area contributed by atoms with Crippen LogP contribution in [0.25, 0.3) is 10.9 Å². The first-order valence-electron chi connectivity index (χ1n) is 8.29. The van der Waals surface area contributed by atoms with Crippen molar-refractivity contribution < 1.29 is 9.18 Å². The molecule has 2 atom stereocenters. The van der Waals surface area contributed by atoms with Crippen LogP contribution < -0.4 is 5.73 Å². The zero-order valence-electron chi connectivity index (χ0n) is 13.8. The lowest BCUT2D eigenvalue weighted by molar-refractivity contribution is 0.0776. The monoisotopic (exact) mass is 342 g/mol. The van der Waals surface area contributed by atoms with Crippen LogP contribution >= 0.6 is 0 Å². The lowest BCUT2D eigenvalue weighted by Gasteiger charge is -2.15. The molecular weight excluding hydrogens is 323 g/mol. The molecule has 0 unspecified atom stereocenters. The number of nitrogens with two attached hydrogens (primary N) is 1. The Labute approximate surface area is 143 Å². The predicted molar refractivity (Wildman–Crippen MR) is 90.6 cm³/mol. The van der Waals surface area contributed by atoms with Crippen LogP contribution in [0.4, 0.5) is 4.39 Å². The number of rotatable bonds is 3. The van der Waals surface area contributed by atoms with Crippen molar-refractivity contribution in [3.8, 4) is 0 Å². The fourth-order valence-corrected chi connectivity index (χ4v) is 3.50. The maximum absolute atomic E-state index is 14.8. The molecule has 1 aliphatic rings. The van der Waals surface area contributed by atoms with Crippen LogP contribution in [0.1, 0.15) is 29.0 Å². The Balaban J connectivity index is 1.66. The van der Waals surface area contributed by atoms with E-state index in [4.69, 9.17) is 5.73 Å². The summed E-state index contributed by atoms with van der Waals surface area (Å²) in [6.07, 6.45) is 4.05. The quantitative estimate of drug-likeness (QED) is 0.754. The molecule has 7 nitrogen and oxygen atoms in total. The van der Waals surface area contributed by atoms with Crippen LogP contribution in [-0.2, 0) is 6.42 Å². The van der Waals surface area contributed by atoms with Crippen molar-refractivity contribution in [1.29, 1.82) is 0 Å². The van der Waals surface area contributed by atoms with Gasteiger partial charge >= 0.3 is 0 Å². The second-order valence-corrected chi connectivity index (χ2v) is 6.33. The standard InChI is InChI=1S/C17H19FN6O/c1-2-10-4-3-5-11-14(18)16(21-15(10)11)17(25)23-8-12(19)13(9-23)24-7-6-20-22-24/h3-7,12-13,21H,2,8-9,19H2,1H3/t12-,13+/m1/s1. The molecule has 3 aromatic rings. The number of amides is 1. The first kappa shape index (κ1) is 15.8. The van der Waals surface area contributed by atoms with E-state index in [-0.39, 0.29) is 23.7 Å². The number of carbonyl (C=O) groups is 1. The van der Waals surface area contributed by atoms with Crippen molar-refractivity contribution in [2.24, 2.45) is 5.73 Å². The van der Waals surface area contributed by atoms with Crippen LogP contribution in [0.15, 0.2) is 30.6 Å². The van der Waals surface area contributed by atoms with Gasteiger partial charge in [-0.15, -0.1) is 5.10 Å². The fraction of sp³-hybridized carbons (Fsp3) is 0.353. The van der Waals surface area contributed by atoms with Crippen LogP contribution in [0.2, 0.25) is 0 Å². The van der Waals surface area contributed by atoms with Gasteiger partial charge in [0.15, 0.2) is 5.82 Å². The van der Waals surface area contributed by atoms with Crippen LogP contribution in [-0.4, -0.2) is 49.9 Å². The van der Waals surface area contributed by atoms with Crippen molar-refractivity contribution in [2.75, 3.05) is 13.1 Å². The van der Waals surface area contributed by atoms with Crippen LogP contribution in [0.5, 0.6) is 0 Å². The summed E-state index contributed by atoms with van der Waals surface area (Å²) in [7, 11) is 0. The maximum atomic E-state index is 14.8. The van der Waals surface area contributed by atoms with Crippen molar-refractivity contribution in [2.45, 2.75) is 25.4 Å². The Morgan fingerprint density at radius 2 is 2.28 bits per heavy atom. The Morgan fingerprint density at radius 3 is 3.00 bits per heavy atom. The number of para-hydroxylation sites is 1. The molecule has 0 radical (unpaired) electrons. The highest BCUT2D eigenvalue weighted by Gasteiger charge is 2.36. The highest BCUT2D eigenvalue weighted by molar-refractivity contribution is 5.99. The minimum atomic E-state index is -0.506. The van der Waals surface area contributed by atoms with Gasteiger partial charge in [0.05, 0.1) is 17.8 Å². The normalized spacial score (nSPS) is 20.5. The van der Waals surface area contributed by atoms with Gasteiger partial charge in [0.2, 0.25) is 0 Å². The number of likely N-dealkylation sites (tertiary alicyclic amines) is 1. The smallest absolute Gasteiger partial charge is 0.273 e. The zero-order valence-corrected chi connectivity index (χ0v) is 13.8. The first-order valence-corrected chi connectivity index (χ1v) is 8.29. The summed E-state index contributed by atoms with van der Waals surface area (Å²) in [5, 5.41) is 8.18. The van der Waals surface area contributed by atoms with E-state index < -0.39 is 5.82 Å². The number of hydrogen-bond acceptors (Lipinski definition) is 4. The van der Waals surface area contributed by atoms with Crippen molar-refractivity contribution in [1.82, 2.24) is 24.9 Å². The molecule has 1 aliphatic heterocycles. The molecule has 0 aliphatic carbocycles. The summed E-state index contributed by atoms with van der Waals surface area (Å²) in [5.41, 5.74) is 7.80. The van der Waals surface area contributed by atoms with Gasteiger partial charge < -0.3 is 15.6 Å². The Bertz CT molecular complexity index is 919. The molecule has 1 fully saturated rings. The van der Waals surface area contributed by atoms with Gasteiger partial charge in [-0.25, -0.2) is 9.07 Å². The summed E-state index contributed by atoms with van der Waals surface area (Å²) < 4.78 is 16.4. The summed E-state index contributed by atoms with van der Waals surface area (Å²) in [6, 6.07) is 4.98. The van der Waals surface area contributed by atoms with E-state index >= 15 is 0 Å². The summed E-state index contributed by atoms with van der Waals surface area (Å²) >= 11 is 0. The van der Waals surface area contributed by atoms with E-state index in [1.165, 1.54) is 0 Å². The molecule has 0 spiro atoms. The minimum Gasteiger partial charge on any atom is -0.348 e. The number of fused-ring (bicyclic) bond motifs is 1. The zero-order chi connectivity index (χ0) is 17.6. The highest BCUT2D eigenvalue weighted by Crippen LogP contribution is 2.27. The Morgan fingerprint density at radius 1 is 1.44 bits per heavy atom. The first-order chi connectivity index (χ1) is 12.1. The molecule has 0 bridgehead atoms. The van der Waals surface area contributed by atoms with Gasteiger partial charge in [-0.2, -0.15) is 0 Å². The number of aromatic amines is 1. The average Bonchev–Trinajstić information content (AvgIpc) is 3.33. The number of H-pyrrole nitrogens is 1. The molecule has 4 rings (SSSR count). The number of carbonyl (C=O) groups excluding carboxylic acids is 1. The third kappa shape index (κ3) is 2.49. The number of nitrogens with one attached hydrogen (secondary N) is 1. The van der Waals surface area contributed by atoms with E-state index in [2.05, 4.69) is 15.3 Å². The molecule has 1 saturated heterocycles. The summed E-state index contributed by atoms with van der Waals surface area (Å²) in [6.45, 7) is 2.72. The lowest BCUT2D eigenvalue weighted by Crippen LogP contribution is -2.33. The number of benzene rings is 1. The van der Waals surface area contributed by atoms with Gasteiger partial charge in [0, 0.05) is 30.7 Å². The summed E-state index contributed by atoms with van der Waals surface area (Å²) in [5.74, 6) is -0.887. The SMILES string of the molecule is CCc1cccc2c(F)c(C(=O)N3C[C@@H](N)[C@@H](n4ccnn4)C3)[nH]c12. The van der Waals surface area contributed by atoms with Gasteiger partial charge in [-0.1, -0.05) is 24.3 Å². The van der Waals surface area contributed by atoms with E-state index in [1.807, 2.05) is 13.0 Å². The van der Waals surface area contributed by atoms with Gasteiger partial charge in [0.1, 0.15) is 5.69 Å². The van der Waals surface area contributed by atoms with Gasteiger partial charge in [0.25, 0.3) is 5.91 Å². The molecule has 25 heavy (non-hydrogen) atoms. The van der Waals surface area contributed by atoms with Crippen molar-refractivity contribution in [3.05, 3.63) is 47.7 Å². The number of nitrogens with zero attached hydrogens (tertiary/aromatic N) is 4. The van der Waals surface area contributed by atoms with Crippen LogP contribution in [0.3, 0.4) is 0 Å². The molecule has 8 heteroatoms. The topological polar surface area (TPSA) is 92.8 Å². The average molecular weight is 342 g/mol. The highest BCUT2D eigenvalue weighted by atomic mass is 19.1. The predicted octanol–water partition coefficient (Wildman–Crippen LogP) is 1.49. The molecule has 2 aromatic heterocycles. The third-order valence-electron chi connectivity index (χ3n) is 4.85. The number of aryl methyl sites for hydroxylation is 1. The van der Waals surface area contributed by atoms with E-state index in [9.17, 15) is 9.18 Å². The summed E-state index contributed by atoms with van der Waals surface area (Å²) in [4.78, 5) is 17.4. The van der Waals surface area contributed by atoms with E-state index in [0.29, 0.717) is 24.0 Å². The van der Waals surface area contributed by atoms with E-state index in [1.54, 1.807) is 34.1 Å².